The normalized spacial score (nSPS) is 12.2. The third-order valence-corrected chi connectivity index (χ3v) is 1.89. The number of carbonyl (C=O) groups excluding carboxylic acids is 1. The van der Waals surface area contributed by atoms with Crippen LogP contribution in [-0.4, -0.2) is 35.5 Å². The van der Waals surface area contributed by atoms with Crippen LogP contribution >= 0.6 is 0 Å². The third-order valence-electron chi connectivity index (χ3n) is 1.89. The molecule has 0 spiro atoms. The van der Waals surface area contributed by atoms with E-state index in [1.165, 1.54) is 11.9 Å². The average molecular weight is 187 g/mol. The van der Waals surface area contributed by atoms with Crippen molar-refractivity contribution in [2.24, 2.45) is 5.92 Å². The summed E-state index contributed by atoms with van der Waals surface area (Å²) in [7, 11) is 1.52. The van der Waals surface area contributed by atoms with Gasteiger partial charge in [0.2, 0.25) is 5.91 Å². The molecule has 1 atom stereocenters. The van der Waals surface area contributed by atoms with Gasteiger partial charge in [-0.25, -0.2) is 0 Å². The van der Waals surface area contributed by atoms with Crippen LogP contribution in [0.15, 0.2) is 0 Å². The Morgan fingerprint density at radius 2 is 2.00 bits per heavy atom. The van der Waals surface area contributed by atoms with Crippen LogP contribution in [0.5, 0.6) is 0 Å². The zero-order valence-corrected chi connectivity index (χ0v) is 8.41. The molecule has 76 valence electrons. The first-order valence-electron chi connectivity index (χ1n) is 4.45. The minimum atomic E-state index is -0.973. The van der Waals surface area contributed by atoms with Crippen LogP contribution in [0.3, 0.4) is 0 Å². The molecule has 0 aromatic rings. The lowest BCUT2D eigenvalue weighted by molar-refractivity contribution is -0.145. The summed E-state index contributed by atoms with van der Waals surface area (Å²) in [4.78, 5) is 23.0. The van der Waals surface area contributed by atoms with Crippen molar-refractivity contribution in [1.29, 1.82) is 0 Å². The standard InChI is InChI=1S/C9H17NO3/c1-4-5-7(2)9(13)10(3)6-8(11)12/h7H,4-6H2,1-3H3,(H,11,12). The first-order valence-corrected chi connectivity index (χ1v) is 4.45. The molecule has 0 aromatic heterocycles. The topological polar surface area (TPSA) is 57.6 Å². The van der Waals surface area contributed by atoms with Gasteiger partial charge in [0.05, 0.1) is 0 Å². The van der Waals surface area contributed by atoms with Crippen LogP contribution in [-0.2, 0) is 9.59 Å². The van der Waals surface area contributed by atoms with E-state index in [2.05, 4.69) is 0 Å². The lowest BCUT2D eigenvalue weighted by Gasteiger charge is -2.18. The number of rotatable bonds is 5. The third kappa shape index (κ3) is 4.50. The molecule has 0 aliphatic carbocycles. The summed E-state index contributed by atoms with van der Waals surface area (Å²) in [5.74, 6) is -1.14. The van der Waals surface area contributed by atoms with Crippen LogP contribution in [0.25, 0.3) is 0 Å². The van der Waals surface area contributed by atoms with Gasteiger partial charge in [-0.2, -0.15) is 0 Å². The molecule has 0 rings (SSSR count). The average Bonchev–Trinajstić information content (AvgIpc) is 2.02. The Hall–Kier alpha value is -1.06. The number of hydrogen-bond acceptors (Lipinski definition) is 2. The number of amides is 1. The smallest absolute Gasteiger partial charge is 0.323 e. The summed E-state index contributed by atoms with van der Waals surface area (Å²) >= 11 is 0. The maximum absolute atomic E-state index is 11.4. The van der Waals surface area contributed by atoms with Gasteiger partial charge in [-0.05, 0) is 6.42 Å². The van der Waals surface area contributed by atoms with E-state index in [1.54, 1.807) is 0 Å². The summed E-state index contributed by atoms with van der Waals surface area (Å²) in [6.07, 6.45) is 1.75. The van der Waals surface area contributed by atoms with E-state index in [1.807, 2.05) is 13.8 Å². The van der Waals surface area contributed by atoms with Crippen LogP contribution in [0.2, 0.25) is 0 Å². The molecule has 0 radical (unpaired) electrons. The zero-order valence-electron chi connectivity index (χ0n) is 8.41. The van der Waals surface area contributed by atoms with Crippen molar-refractivity contribution in [2.45, 2.75) is 26.7 Å². The van der Waals surface area contributed by atoms with Crippen molar-refractivity contribution < 1.29 is 14.7 Å². The fourth-order valence-corrected chi connectivity index (χ4v) is 1.21. The Balaban J connectivity index is 4.01. The predicted molar refractivity (Wildman–Crippen MR) is 49.3 cm³/mol. The largest absolute Gasteiger partial charge is 0.480 e. The molecule has 1 amide bonds. The summed E-state index contributed by atoms with van der Waals surface area (Å²) in [6, 6.07) is 0. The maximum atomic E-state index is 11.4. The van der Waals surface area contributed by atoms with Gasteiger partial charge in [0.25, 0.3) is 0 Å². The van der Waals surface area contributed by atoms with Crippen LogP contribution in [0.4, 0.5) is 0 Å². The lowest BCUT2D eigenvalue weighted by atomic mass is 10.1. The number of nitrogens with zero attached hydrogens (tertiary/aromatic N) is 1. The molecule has 0 heterocycles. The van der Waals surface area contributed by atoms with Crippen LogP contribution < -0.4 is 0 Å². The predicted octanol–water partition coefficient (Wildman–Crippen LogP) is 0.966. The number of carboxylic acid groups (broad SMARTS) is 1. The van der Waals surface area contributed by atoms with Gasteiger partial charge in [0.15, 0.2) is 0 Å². The molecule has 0 aliphatic heterocycles. The van der Waals surface area contributed by atoms with Crippen LogP contribution in [0.1, 0.15) is 26.7 Å². The highest BCUT2D eigenvalue weighted by Gasteiger charge is 2.17. The second kappa shape index (κ2) is 5.56. The molecule has 13 heavy (non-hydrogen) atoms. The number of carbonyl (C=O) groups is 2. The maximum Gasteiger partial charge on any atom is 0.323 e. The molecule has 1 unspecified atom stereocenters. The Morgan fingerprint density at radius 1 is 1.46 bits per heavy atom. The molecule has 0 saturated heterocycles. The van der Waals surface area contributed by atoms with E-state index in [0.717, 1.165) is 12.8 Å². The van der Waals surface area contributed by atoms with Crippen LogP contribution in [0, 0.1) is 5.92 Å². The Kier molecular flexibility index (Phi) is 5.11. The van der Waals surface area contributed by atoms with E-state index in [-0.39, 0.29) is 18.4 Å². The molecule has 0 saturated carbocycles. The molecule has 0 bridgehead atoms. The second-order valence-corrected chi connectivity index (χ2v) is 3.28. The van der Waals surface area contributed by atoms with E-state index in [0.29, 0.717) is 0 Å². The fourth-order valence-electron chi connectivity index (χ4n) is 1.21. The van der Waals surface area contributed by atoms with Gasteiger partial charge in [0, 0.05) is 13.0 Å². The monoisotopic (exact) mass is 187 g/mol. The molecule has 4 heteroatoms. The van der Waals surface area contributed by atoms with Crippen molar-refractivity contribution >= 4 is 11.9 Å². The highest BCUT2D eigenvalue weighted by atomic mass is 16.4. The molecule has 0 fully saturated rings. The molecular formula is C9H17NO3. The van der Waals surface area contributed by atoms with E-state index in [4.69, 9.17) is 5.11 Å². The summed E-state index contributed by atoms with van der Waals surface area (Å²) in [6.45, 7) is 3.61. The summed E-state index contributed by atoms with van der Waals surface area (Å²) < 4.78 is 0. The minimum absolute atomic E-state index is 0.0747. The van der Waals surface area contributed by atoms with Gasteiger partial charge in [-0.15, -0.1) is 0 Å². The molecule has 1 N–H and O–H groups in total. The van der Waals surface area contributed by atoms with Crippen molar-refractivity contribution in [3.05, 3.63) is 0 Å². The van der Waals surface area contributed by atoms with E-state index in [9.17, 15) is 9.59 Å². The van der Waals surface area contributed by atoms with Crippen molar-refractivity contribution in [1.82, 2.24) is 4.90 Å². The highest BCUT2D eigenvalue weighted by Crippen LogP contribution is 2.07. The molecule has 4 nitrogen and oxygen atoms in total. The highest BCUT2D eigenvalue weighted by molar-refractivity contribution is 5.82. The van der Waals surface area contributed by atoms with E-state index >= 15 is 0 Å². The number of likely N-dealkylation sites (N-methyl/N-ethyl adjacent to an activating group) is 1. The van der Waals surface area contributed by atoms with E-state index < -0.39 is 5.97 Å². The van der Waals surface area contributed by atoms with Crippen molar-refractivity contribution in [2.75, 3.05) is 13.6 Å². The van der Waals surface area contributed by atoms with Crippen molar-refractivity contribution in [3.63, 3.8) is 0 Å². The Labute approximate surface area is 78.5 Å². The van der Waals surface area contributed by atoms with Crippen molar-refractivity contribution in [3.8, 4) is 0 Å². The van der Waals surface area contributed by atoms with Gasteiger partial charge in [0.1, 0.15) is 6.54 Å². The second-order valence-electron chi connectivity index (χ2n) is 3.28. The summed E-state index contributed by atoms with van der Waals surface area (Å²) in [5, 5.41) is 8.45. The quantitative estimate of drug-likeness (QED) is 0.697. The SMILES string of the molecule is CCCC(C)C(=O)N(C)CC(=O)O. The lowest BCUT2D eigenvalue weighted by Crippen LogP contribution is -2.35. The van der Waals surface area contributed by atoms with Gasteiger partial charge in [-0.1, -0.05) is 20.3 Å². The van der Waals surface area contributed by atoms with Gasteiger partial charge >= 0.3 is 5.97 Å². The number of aliphatic carboxylic acids is 1. The summed E-state index contributed by atoms with van der Waals surface area (Å²) in [5.41, 5.74) is 0. The first kappa shape index (κ1) is 11.9. The number of hydrogen-bond donors (Lipinski definition) is 1. The molecule has 0 aliphatic rings. The Morgan fingerprint density at radius 3 is 2.38 bits per heavy atom. The fraction of sp³-hybridized carbons (Fsp3) is 0.778. The molecule has 0 aromatic carbocycles. The molecular weight excluding hydrogens is 170 g/mol. The van der Waals surface area contributed by atoms with Gasteiger partial charge in [-0.3, -0.25) is 9.59 Å². The first-order chi connectivity index (χ1) is 5.99. The van der Waals surface area contributed by atoms with Gasteiger partial charge < -0.3 is 10.0 Å². The number of carboxylic acids is 1. The zero-order chi connectivity index (χ0) is 10.4. The minimum Gasteiger partial charge on any atom is -0.480 e. The Bertz CT molecular complexity index is 191.